The fourth-order valence-electron chi connectivity index (χ4n) is 2.31. The van der Waals surface area contributed by atoms with E-state index < -0.39 is 15.9 Å². The van der Waals surface area contributed by atoms with Crippen molar-refractivity contribution in [2.24, 2.45) is 0 Å². The number of nitrogens with one attached hydrogen (secondary N) is 2. The lowest BCUT2D eigenvalue weighted by Gasteiger charge is -2.13. The summed E-state index contributed by atoms with van der Waals surface area (Å²) in [5.74, 6) is 0.152. The van der Waals surface area contributed by atoms with Crippen molar-refractivity contribution >= 4 is 27.3 Å². The SMILES string of the molecule is COc1ccc(S(=O)(=O)NCC(=O)Nc2ccc(N(C)C)cc2)cc1C. The first-order valence-electron chi connectivity index (χ1n) is 7.94. The monoisotopic (exact) mass is 377 g/mol. The van der Waals surface area contributed by atoms with Gasteiger partial charge in [-0.3, -0.25) is 4.79 Å². The second kappa shape index (κ2) is 8.20. The second-order valence-corrected chi connectivity index (χ2v) is 7.71. The zero-order valence-corrected chi connectivity index (χ0v) is 16.1. The molecule has 2 rings (SSSR count). The number of aryl methyl sites for hydroxylation is 1. The molecule has 140 valence electrons. The Morgan fingerprint density at radius 2 is 1.77 bits per heavy atom. The third-order valence-electron chi connectivity index (χ3n) is 3.77. The van der Waals surface area contributed by atoms with Crippen molar-refractivity contribution in [3.63, 3.8) is 0 Å². The van der Waals surface area contributed by atoms with Crippen molar-refractivity contribution in [2.75, 3.05) is 38.0 Å². The Morgan fingerprint density at radius 3 is 2.31 bits per heavy atom. The van der Waals surface area contributed by atoms with Crippen LogP contribution in [0, 0.1) is 6.92 Å². The first-order chi connectivity index (χ1) is 12.2. The number of ether oxygens (including phenoxy) is 1. The molecule has 0 aliphatic rings. The molecule has 0 unspecified atom stereocenters. The van der Waals surface area contributed by atoms with Crippen LogP contribution >= 0.6 is 0 Å². The highest BCUT2D eigenvalue weighted by Gasteiger charge is 2.17. The van der Waals surface area contributed by atoms with E-state index in [9.17, 15) is 13.2 Å². The number of rotatable bonds is 7. The molecule has 0 heterocycles. The number of benzene rings is 2. The average Bonchev–Trinajstić information content (AvgIpc) is 2.60. The first kappa shape index (κ1) is 19.7. The van der Waals surface area contributed by atoms with Gasteiger partial charge >= 0.3 is 0 Å². The number of carbonyl (C=O) groups is 1. The van der Waals surface area contributed by atoms with Crippen molar-refractivity contribution in [1.82, 2.24) is 4.72 Å². The summed E-state index contributed by atoms with van der Waals surface area (Å²) in [6.45, 7) is 1.39. The number of hydrogen-bond donors (Lipinski definition) is 2. The summed E-state index contributed by atoms with van der Waals surface area (Å²) >= 11 is 0. The number of nitrogens with zero attached hydrogens (tertiary/aromatic N) is 1. The fraction of sp³-hybridized carbons (Fsp3) is 0.278. The van der Waals surface area contributed by atoms with Gasteiger partial charge in [-0.05, 0) is 55.0 Å². The highest BCUT2D eigenvalue weighted by Crippen LogP contribution is 2.21. The molecule has 2 aromatic carbocycles. The Bertz CT molecular complexity index is 878. The minimum atomic E-state index is -3.79. The van der Waals surface area contributed by atoms with Crippen LogP contribution in [0.3, 0.4) is 0 Å². The molecule has 0 radical (unpaired) electrons. The number of anilines is 2. The van der Waals surface area contributed by atoms with Crippen molar-refractivity contribution in [1.29, 1.82) is 0 Å². The number of sulfonamides is 1. The van der Waals surface area contributed by atoms with E-state index in [0.29, 0.717) is 17.0 Å². The van der Waals surface area contributed by atoms with E-state index in [0.717, 1.165) is 5.69 Å². The Kier molecular flexibility index (Phi) is 6.23. The number of hydrogen-bond acceptors (Lipinski definition) is 5. The van der Waals surface area contributed by atoms with Gasteiger partial charge < -0.3 is 15.0 Å². The molecule has 2 N–H and O–H groups in total. The highest BCUT2D eigenvalue weighted by atomic mass is 32.2. The van der Waals surface area contributed by atoms with Crippen LogP contribution in [0.1, 0.15) is 5.56 Å². The molecule has 0 aliphatic carbocycles. The van der Waals surface area contributed by atoms with E-state index in [4.69, 9.17) is 4.74 Å². The minimum Gasteiger partial charge on any atom is -0.496 e. The van der Waals surface area contributed by atoms with Crippen molar-refractivity contribution in [2.45, 2.75) is 11.8 Å². The highest BCUT2D eigenvalue weighted by molar-refractivity contribution is 7.89. The van der Waals surface area contributed by atoms with Crippen molar-refractivity contribution in [3.8, 4) is 5.75 Å². The summed E-state index contributed by atoms with van der Waals surface area (Å²) < 4.78 is 32.1. The summed E-state index contributed by atoms with van der Waals surface area (Å²) in [7, 11) is 1.57. The summed E-state index contributed by atoms with van der Waals surface area (Å²) in [4.78, 5) is 14.0. The van der Waals surface area contributed by atoms with E-state index in [1.807, 2.05) is 31.1 Å². The molecule has 0 atom stereocenters. The second-order valence-electron chi connectivity index (χ2n) is 5.95. The third-order valence-corrected chi connectivity index (χ3v) is 5.17. The van der Waals surface area contributed by atoms with E-state index in [-0.39, 0.29) is 11.4 Å². The molecule has 8 heteroatoms. The molecular weight excluding hydrogens is 354 g/mol. The maximum Gasteiger partial charge on any atom is 0.241 e. The summed E-state index contributed by atoms with van der Waals surface area (Å²) in [6, 6.07) is 11.8. The third kappa shape index (κ3) is 4.96. The molecule has 26 heavy (non-hydrogen) atoms. The molecule has 0 bridgehead atoms. The fourth-order valence-corrected chi connectivity index (χ4v) is 3.38. The lowest BCUT2D eigenvalue weighted by molar-refractivity contribution is -0.115. The number of methoxy groups -OCH3 is 1. The molecule has 1 amide bonds. The predicted molar refractivity (Wildman–Crippen MR) is 102 cm³/mol. The molecule has 0 aromatic heterocycles. The molecule has 0 spiro atoms. The Balaban J connectivity index is 1.98. The lowest BCUT2D eigenvalue weighted by atomic mass is 10.2. The van der Waals surface area contributed by atoms with E-state index in [2.05, 4.69) is 10.0 Å². The molecule has 0 fully saturated rings. The standard InChI is InChI=1S/C18H23N3O4S/c1-13-11-16(9-10-17(13)25-4)26(23,24)19-12-18(22)20-14-5-7-15(8-6-14)21(2)3/h5-11,19H,12H2,1-4H3,(H,20,22). The largest absolute Gasteiger partial charge is 0.496 e. The summed E-state index contributed by atoms with van der Waals surface area (Å²) in [5.41, 5.74) is 2.29. The topological polar surface area (TPSA) is 87.7 Å². The van der Waals surface area contributed by atoms with Gasteiger partial charge in [0.05, 0.1) is 18.6 Å². The maximum atomic E-state index is 12.3. The quantitative estimate of drug-likeness (QED) is 0.770. The molecule has 0 aliphatic heterocycles. The van der Waals surface area contributed by atoms with E-state index in [1.165, 1.54) is 19.2 Å². The minimum absolute atomic E-state index is 0.0823. The van der Waals surface area contributed by atoms with Crippen LogP contribution in [-0.4, -0.2) is 42.1 Å². The smallest absolute Gasteiger partial charge is 0.241 e. The number of carbonyl (C=O) groups excluding carboxylic acids is 1. The van der Waals surface area contributed by atoms with Gasteiger partial charge in [-0.25, -0.2) is 13.1 Å². The van der Waals surface area contributed by atoms with Crippen LogP contribution < -0.4 is 19.7 Å². The summed E-state index contributed by atoms with van der Waals surface area (Å²) in [6.07, 6.45) is 0. The molecule has 2 aromatic rings. The van der Waals surface area contributed by atoms with Crippen LogP contribution in [0.2, 0.25) is 0 Å². The van der Waals surface area contributed by atoms with Gasteiger partial charge in [-0.15, -0.1) is 0 Å². The number of amides is 1. The van der Waals surface area contributed by atoms with Crippen LogP contribution in [-0.2, 0) is 14.8 Å². The van der Waals surface area contributed by atoms with Crippen molar-refractivity contribution in [3.05, 3.63) is 48.0 Å². The summed E-state index contributed by atoms with van der Waals surface area (Å²) in [5, 5.41) is 2.66. The van der Waals surface area contributed by atoms with Gasteiger partial charge in [-0.1, -0.05) is 0 Å². The zero-order valence-electron chi connectivity index (χ0n) is 15.2. The van der Waals surface area contributed by atoms with Gasteiger partial charge in [0, 0.05) is 25.5 Å². The van der Waals surface area contributed by atoms with Crippen LogP contribution in [0.4, 0.5) is 11.4 Å². The normalized spacial score (nSPS) is 11.1. The van der Waals surface area contributed by atoms with E-state index >= 15 is 0 Å². The molecule has 7 nitrogen and oxygen atoms in total. The average molecular weight is 377 g/mol. The van der Waals surface area contributed by atoms with Crippen molar-refractivity contribution < 1.29 is 17.9 Å². The maximum absolute atomic E-state index is 12.3. The Morgan fingerprint density at radius 1 is 1.12 bits per heavy atom. The van der Waals surface area contributed by atoms with Crippen LogP contribution in [0.25, 0.3) is 0 Å². The predicted octanol–water partition coefficient (Wildman–Crippen LogP) is 1.99. The van der Waals surface area contributed by atoms with Gasteiger partial charge in [0.1, 0.15) is 5.75 Å². The van der Waals surface area contributed by atoms with Gasteiger partial charge in [0.15, 0.2) is 0 Å². The van der Waals surface area contributed by atoms with Gasteiger partial charge in [0.25, 0.3) is 0 Å². The van der Waals surface area contributed by atoms with Gasteiger partial charge in [0.2, 0.25) is 15.9 Å². The Hall–Kier alpha value is -2.58. The lowest BCUT2D eigenvalue weighted by Crippen LogP contribution is -2.32. The van der Waals surface area contributed by atoms with Crippen LogP contribution in [0.15, 0.2) is 47.4 Å². The first-order valence-corrected chi connectivity index (χ1v) is 9.43. The van der Waals surface area contributed by atoms with Gasteiger partial charge in [-0.2, -0.15) is 0 Å². The van der Waals surface area contributed by atoms with E-state index in [1.54, 1.807) is 25.1 Å². The Labute approximate surface area is 154 Å². The molecular formula is C18H23N3O4S. The van der Waals surface area contributed by atoms with Crippen LogP contribution in [0.5, 0.6) is 5.75 Å². The molecule has 0 saturated carbocycles. The zero-order chi connectivity index (χ0) is 19.3. The molecule has 0 saturated heterocycles.